The smallest absolute Gasteiger partial charge is 0.353 e. The third-order valence-electron chi connectivity index (χ3n) is 6.57. The number of aliphatic carboxylic acids is 1. The lowest BCUT2D eigenvalue weighted by molar-refractivity contribution is -0.163. The number of carboxylic acid groups (broad SMARTS) is 1. The Morgan fingerprint density at radius 3 is 2.64 bits per heavy atom. The van der Waals surface area contributed by atoms with E-state index >= 15 is 0 Å². The topological polar surface area (TPSA) is 110 Å². The van der Waals surface area contributed by atoms with Crippen molar-refractivity contribution in [1.82, 2.24) is 15.1 Å². The monoisotopic (exact) mass is 409 g/mol. The zero-order valence-corrected chi connectivity index (χ0v) is 17.3. The lowest BCUT2D eigenvalue weighted by atomic mass is 9.79. The molecule has 3 fully saturated rings. The van der Waals surface area contributed by atoms with Gasteiger partial charge in [0.2, 0.25) is 11.8 Å². The molecule has 9 heteroatoms. The number of thioether (sulfide) groups is 1. The van der Waals surface area contributed by atoms with Gasteiger partial charge in [0.25, 0.3) is 0 Å². The van der Waals surface area contributed by atoms with E-state index in [-0.39, 0.29) is 40.8 Å². The van der Waals surface area contributed by atoms with Gasteiger partial charge in [-0.15, -0.1) is 11.8 Å². The molecule has 3 N–H and O–H groups in total. The molecule has 0 radical (unpaired) electrons. The van der Waals surface area contributed by atoms with Crippen molar-refractivity contribution in [2.75, 3.05) is 6.54 Å². The number of hydrogen-bond donors (Lipinski definition) is 3. The predicted molar refractivity (Wildman–Crippen MR) is 103 cm³/mol. The summed E-state index contributed by atoms with van der Waals surface area (Å²) in [6, 6.07) is -0.138. The third kappa shape index (κ3) is 2.78. The first-order chi connectivity index (χ1) is 13.0. The van der Waals surface area contributed by atoms with Crippen LogP contribution in [-0.2, 0) is 14.4 Å². The van der Waals surface area contributed by atoms with Crippen LogP contribution in [-0.4, -0.2) is 73.4 Å². The highest BCUT2D eigenvalue weighted by Crippen LogP contribution is 2.52. The maximum absolute atomic E-state index is 12.5. The zero-order valence-electron chi connectivity index (χ0n) is 16.5. The van der Waals surface area contributed by atoms with E-state index in [9.17, 15) is 24.6 Å². The molecule has 2 amide bonds. The van der Waals surface area contributed by atoms with E-state index in [0.29, 0.717) is 6.42 Å². The van der Waals surface area contributed by atoms with Crippen LogP contribution in [0, 0.1) is 11.8 Å². The molecule has 4 aliphatic heterocycles. The molecule has 2 unspecified atom stereocenters. The molecule has 0 aromatic rings. The Bertz CT molecular complexity index is 780. The van der Waals surface area contributed by atoms with E-state index < -0.39 is 23.7 Å². The second-order valence-corrected chi connectivity index (χ2v) is 10.2. The summed E-state index contributed by atoms with van der Waals surface area (Å²) < 4.78 is 0. The lowest BCUT2D eigenvalue weighted by Crippen LogP contribution is -2.63. The number of hydrogen-bond acceptors (Lipinski definition) is 6. The molecule has 28 heavy (non-hydrogen) atoms. The van der Waals surface area contributed by atoms with E-state index in [2.05, 4.69) is 10.2 Å². The van der Waals surface area contributed by atoms with Gasteiger partial charge in [0.1, 0.15) is 5.70 Å². The Hall–Kier alpha value is -1.58. The first-order valence-electron chi connectivity index (χ1n) is 9.76. The van der Waals surface area contributed by atoms with Gasteiger partial charge in [0.15, 0.2) is 0 Å². The molecule has 8 nitrogen and oxygen atoms in total. The Morgan fingerprint density at radius 2 is 2.04 bits per heavy atom. The van der Waals surface area contributed by atoms with Crippen molar-refractivity contribution in [1.29, 1.82) is 0 Å². The first-order valence-corrected chi connectivity index (χ1v) is 10.6. The van der Waals surface area contributed by atoms with E-state index in [1.165, 1.54) is 16.7 Å². The van der Waals surface area contributed by atoms with Gasteiger partial charge in [-0.1, -0.05) is 6.92 Å². The molecule has 0 aromatic heterocycles. The van der Waals surface area contributed by atoms with Crippen LogP contribution in [0.2, 0.25) is 0 Å². The van der Waals surface area contributed by atoms with E-state index in [0.717, 1.165) is 17.9 Å². The molecule has 0 spiro atoms. The molecule has 4 aliphatic rings. The number of aliphatic hydroxyl groups excluding tert-OH is 1. The van der Waals surface area contributed by atoms with Crippen LogP contribution in [0.25, 0.3) is 0 Å². The Morgan fingerprint density at radius 1 is 1.36 bits per heavy atom. The van der Waals surface area contributed by atoms with Crippen molar-refractivity contribution < 1.29 is 24.6 Å². The summed E-state index contributed by atoms with van der Waals surface area (Å²) in [5.74, 6) is -2.02. The lowest BCUT2D eigenvalue weighted by Gasteiger charge is -2.46. The van der Waals surface area contributed by atoms with Crippen LogP contribution in [0.5, 0.6) is 0 Å². The van der Waals surface area contributed by atoms with Crippen molar-refractivity contribution in [2.24, 2.45) is 11.8 Å². The number of rotatable bonds is 4. The Balaban J connectivity index is 1.57. The molecule has 0 aliphatic carbocycles. The minimum absolute atomic E-state index is 0.0473. The summed E-state index contributed by atoms with van der Waals surface area (Å²) in [6.45, 7) is 8.25. The fraction of sp³-hybridized carbons (Fsp3) is 0.737. The maximum atomic E-state index is 12.5. The average molecular weight is 410 g/mol. The van der Waals surface area contributed by atoms with Gasteiger partial charge in [-0.25, -0.2) is 4.79 Å². The van der Waals surface area contributed by atoms with E-state index in [4.69, 9.17) is 0 Å². The summed E-state index contributed by atoms with van der Waals surface area (Å²) in [6.07, 6.45) is 0.468. The van der Waals surface area contributed by atoms with Crippen LogP contribution in [0.15, 0.2) is 10.6 Å². The molecule has 154 valence electrons. The SMILES string of the molecule is CC(O)[C@H]1C(=O)N2C(C(=O)O)=C(SC3C[C@H]4CC(=O)NC(C)(C)N4C3)[C@H](C)[C@H]12. The van der Waals surface area contributed by atoms with Gasteiger partial charge in [0, 0.05) is 35.1 Å². The summed E-state index contributed by atoms with van der Waals surface area (Å²) in [5, 5.41) is 22.9. The van der Waals surface area contributed by atoms with Crippen molar-refractivity contribution >= 4 is 29.5 Å². The highest BCUT2D eigenvalue weighted by Gasteiger charge is 2.60. The second kappa shape index (κ2) is 6.47. The van der Waals surface area contributed by atoms with Crippen molar-refractivity contribution in [3.05, 3.63) is 10.6 Å². The fourth-order valence-electron chi connectivity index (χ4n) is 5.37. The highest BCUT2D eigenvalue weighted by molar-refractivity contribution is 8.03. The molecular formula is C19H27N3O5S. The van der Waals surface area contributed by atoms with Crippen LogP contribution < -0.4 is 5.32 Å². The van der Waals surface area contributed by atoms with Gasteiger partial charge in [-0.3, -0.25) is 14.5 Å². The number of β-lactam (4-membered cyclic amide) rings is 1. The first kappa shape index (κ1) is 19.7. The van der Waals surface area contributed by atoms with E-state index in [1.807, 2.05) is 20.8 Å². The molecular weight excluding hydrogens is 382 g/mol. The summed E-state index contributed by atoms with van der Waals surface area (Å²) in [4.78, 5) is 40.8. The molecule has 0 bridgehead atoms. The summed E-state index contributed by atoms with van der Waals surface area (Å²) >= 11 is 1.53. The third-order valence-corrected chi connectivity index (χ3v) is 8.06. The molecule has 0 saturated carbocycles. The number of carboxylic acids is 1. The summed E-state index contributed by atoms with van der Waals surface area (Å²) in [7, 11) is 0. The van der Waals surface area contributed by atoms with Gasteiger partial charge in [-0.05, 0) is 27.2 Å². The number of fused-ring (bicyclic) bond motifs is 2. The number of amides is 2. The zero-order chi connectivity index (χ0) is 20.5. The minimum Gasteiger partial charge on any atom is -0.477 e. The Kier molecular flexibility index (Phi) is 4.55. The van der Waals surface area contributed by atoms with Gasteiger partial charge in [0.05, 0.1) is 23.7 Å². The largest absolute Gasteiger partial charge is 0.477 e. The predicted octanol–water partition coefficient (Wildman–Crippen LogP) is 0.572. The quantitative estimate of drug-likeness (QED) is 0.582. The number of carbonyl (C=O) groups excluding carboxylic acids is 2. The molecule has 6 atom stereocenters. The molecule has 4 heterocycles. The van der Waals surface area contributed by atoms with Crippen LogP contribution in [0.1, 0.15) is 40.5 Å². The average Bonchev–Trinajstić information content (AvgIpc) is 3.06. The van der Waals surface area contributed by atoms with Crippen molar-refractivity contribution in [3.63, 3.8) is 0 Å². The summed E-state index contributed by atoms with van der Waals surface area (Å²) in [5.41, 5.74) is -0.348. The number of nitrogens with zero attached hydrogens (tertiary/aromatic N) is 2. The van der Waals surface area contributed by atoms with Gasteiger partial charge >= 0.3 is 5.97 Å². The van der Waals surface area contributed by atoms with E-state index in [1.54, 1.807) is 6.92 Å². The van der Waals surface area contributed by atoms with Gasteiger partial charge < -0.3 is 20.4 Å². The number of carbonyl (C=O) groups is 3. The maximum Gasteiger partial charge on any atom is 0.353 e. The standard InChI is InChI=1S/C19H27N3O5S/c1-8-14-13(9(2)23)17(25)22(14)15(18(26)27)16(8)28-11-5-10-6-12(24)20-19(3,4)21(10)7-11/h8-11,13-14,23H,5-7H2,1-4H3,(H,20,24)(H,26,27)/t8-,9?,10+,11?,13-,14-/m1/s1. The second-order valence-electron chi connectivity index (χ2n) is 8.86. The highest BCUT2D eigenvalue weighted by atomic mass is 32.2. The van der Waals surface area contributed by atoms with Crippen molar-refractivity contribution in [2.45, 2.75) is 69.6 Å². The van der Waals surface area contributed by atoms with Gasteiger partial charge in [-0.2, -0.15) is 0 Å². The van der Waals surface area contributed by atoms with Crippen molar-refractivity contribution in [3.8, 4) is 0 Å². The number of aliphatic hydroxyl groups is 1. The molecule has 0 aromatic carbocycles. The minimum atomic E-state index is -1.10. The molecule has 3 saturated heterocycles. The van der Waals surface area contributed by atoms with Crippen LogP contribution >= 0.6 is 11.8 Å². The Labute approximate surface area is 168 Å². The van der Waals surface area contributed by atoms with Crippen LogP contribution in [0.4, 0.5) is 0 Å². The fourth-order valence-corrected chi connectivity index (χ4v) is 6.94. The molecule has 4 rings (SSSR count). The number of nitrogens with one attached hydrogen (secondary N) is 1. The van der Waals surface area contributed by atoms with Crippen LogP contribution in [0.3, 0.4) is 0 Å². The normalized spacial score (nSPS) is 38.0.